The second-order valence-electron chi connectivity index (χ2n) is 2.54. The molecule has 0 saturated heterocycles. The molecule has 1 rings (SSSR count). The van der Waals surface area contributed by atoms with E-state index in [1.54, 1.807) is 0 Å². The number of amides is 1. The van der Waals surface area contributed by atoms with Crippen LogP contribution in [0.2, 0.25) is 0 Å². The predicted molar refractivity (Wildman–Crippen MR) is 46.5 cm³/mol. The van der Waals surface area contributed by atoms with Crippen molar-refractivity contribution in [3.63, 3.8) is 0 Å². The molecule has 0 aliphatic rings. The minimum Gasteiger partial charge on any atom is -0.496 e. The van der Waals surface area contributed by atoms with E-state index in [-0.39, 0.29) is 11.3 Å². The van der Waals surface area contributed by atoms with Gasteiger partial charge in [-0.3, -0.25) is 9.59 Å². The molecule has 0 heterocycles. The number of benzene rings is 1. The zero-order valence-electron chi connectivity index (χ0n) is 7.41. The molecular formula is C9H8FNO3. The smallest absolute Gasteiger partial charge is 0.289 e. The predicted octanol–water partition coefficient (Wildman–Crippen LogP) is 0.502. The normalized spacial score (nSPS) is 9.57. The van der Waals surface area contributed by atoms with Gasteiger partial charge in [-0.25, -0.2) is 4.39 Å². The SMILES string of the molecule is COc1ccc(F)cc1C(=O)C(N)=O. The van der Waals surface area contributed by atoms with Crippen molar-refractivity contribution >= 4 is 11.7 Å². The van der Waals surface area contributed by atoms with Gasteiger partial charge < -0.3 is 10.5 Å². The molecule has 0 unspecified atom stereocenters. The van der Waals surface area contributed by atoms with E-state index in [9.17, 15) is 14.0 Å². The van der Waals surface area contributed by atoms with Crippen LogP contribution in [0.3, 0.4) is 0 Å². The number of rotatable bonds is 3. The average Bonchev–Trinajstić information content (AvgIpc) is 2.16. The first kappa shape index (κ1) is 10.2. The lowest BCUT2D eigenvalue weighted by Gasteiger charge is -2.04. The lowest BCUT2D eigenvalue weighted by Crippen LogP contribution is -2.23. The van der Waals surface area contributed by atoms with E-state index >= 15 is 0 Å². The Morgan fingerprint density at radius 2 is 2.07 bits per heavy atom. The van der Waals surface area contributed by atoms with E-state index in [1.807, 2.05) is 0 Å². The molecule has 4 nitrogen and oxygen atoms in total. The van der Waals surface area contributed by atoms with E-state index in [1.165, 1.54) is 13.2 Å². The molecule has 5 heteroatoms. The minimum absolute atomic E-state index is 0.121. The largest absolute Gasteiger partial charge is 0.496 e. The molecule has 0 bridgehead atoms. The second kappa shape index (κ2) is 3.87. The number of halogens is 1. The van der Waals surface area contributed by atoms with Crippen LogP contribution >= 0.6 is 0 Å². The van der Waals surface area contributed by atoms with Gasteiger partial charge in [0.15, 0.2) is 0 Å². The lowest BCUT2D eigenvalue weighted by molar-refractivity contribution is -0.114. The van der Waals surface area contributed by atoms with E-state index in [0.717, 1.165) is 12.1 Å². The number of Topliss-reactive ketones (excluding diaryl/α,β-unsaturated/α-hetero) is 1. The van der Waals surface area contributed by atoms with E-state index < -0.39 is 17.5 Å². The minimum atomic E-state index is -1.14. The third kappa shape index (κ3) is 1.87. The number of carbonyl (C=O) groups excluding carboxylic acids is 2. The Bertz CT molecular complexity index is 390. The number of carbonyl (C=O) groups is 2. The molecule has 0 aliphatic heterocycles. The van der Waals surface area contributed by atoms with Crippen LogP contribution in [0.25, 0.3) is 0 Å². The molecule has 1 aromatic rings. The number of ether oxygens (including phenoxy) is 1. The van der Waals surface area contributed by atoms with Crippen molar-refractivity contribution in [1.82, 2.24) is 0 Å². The Labute approximate surface area is 79.5 Å². The van der Waals surface area contributed by atoms with Gasteiger partial charge in [0, 0.05) is 0 Å². The quantitative estimate of drug-likeness (QED) is 0.566. The maximum absolute atomic E-state index is 12.7. The molecule has 1 amide bonds. The van der Waals surface area contributed by atoms with Gasteiger partial charge in [0.05, 0.1) is 12.7 Å². The summed E-state index contributed by atoms with van der Waals surface area (Å²) in [6, 6.07) is 3.29. The fraction of sp³-hybridized carbons (Fsp3) is 0.111. The van der Waals surface area contributed by atoms with Crippen molar-refractivity contribution in [3.05, 3.63) is 29.6 Å². The maximum Gasteiger partial charge on any atom is 0.289 e. The van der Waals surface area contributed by atoms with Crippen molar-refractivity contribution in [3.8, 4) is 5.75 Å². The highest BCUT2D eigenvalue weighted by Crippen LogP contribution is 2.19. The number of hydrogen-bond donors (Lipinski definition) is 1. The summed E-state index contributed by atoms with van der Waals surface area (Å²) in [5.74, 6) is -2.62. The van der Waals surface area contributed by atoms with Crippen LogP contribution in [-0.4, -0.2) is 18.8 Å². The summed E-state index contributed by atoms with van der Waals surface area (Å²) in [5, 5.41) is 0. The molecule has 0 aliphatic carbocycles. The highest BCUT2D eigenvalue weighted by atomic mass is 19.1. The molecule has 0 aromatic heterocycles. The molecular weight excluding hydrogens is 189 g/mol. The number of methoxy groups -OCH3 is 1. The van der Waals surface area contributed by atoms with Gasteiger partial charge in [0.2, 0.25) is 0 Å². The van der Waals surface area contributed by atoms with Gasteiger partial charge in [0.1, 0.15) is 11.6 Å². The third-order valence-corrected chi connectivity index (χ3v) is 1.63. The zero-order valence-corrected chi connectivity index (χ0v) is 7.41. The van der Waals surface area contributed by atoms with Crippen LogP contribution in [0.4, 0.5) is 4.39 Å². The van der Waals surface area contributed by atoms with Crippen molar-refractivity contribution in [2.75, 3.05) is 7.11 Å². The van der Waals surface area contributed by atoms with Crippen LogP contribution < -0.4 is 10.5 Å². The second-order valence-corrected chi connectivity index (χ2v) is 2.54. The van der Waals surface area contributed by atoms with Gasteiger partial charge in [-0.05, 0) is 18.2 Å². The van der Waals surface area contributed by atoms with Crippen LogP contribution in [0.5, 0.6) is 5.75 Å². The lowest BCUT2D eigenvalue weighted by atomic mass is 10.1. The summed E-state index contributed by atoms with van der Waals surface area (Å²) in [4.78, 5) is 21.7. The number of hydrogen-bond acceptors (Lipinski definition) is 3. The Morgan fingerprint density at radius 3 is 2.57 bits per heavy atom. The molecule has 0 spiro atoms. The van der Waals surface area contributed by atoms with E-state index in [4.69, 9.17) is 10.5 Å². The Balaban J connectivity index is 3.23. The van der Waals surface area contributed by atoms with Crippen molar-refractivity contribution < 1.29 is 18.7 Å². The fourth-order valence-corrected chi connectivity index (χ4v) is 0.990. The molecule has 2 N–H and O–H groups in total. The maximum atomic E-state index is 12.7. The monoisotopic (exact) mass is 197 g/mol. The summed E-state index contributed by atoms with van der Waals surface area (Å²) in [6.45, 7) is 0. The van der Waals surface area contributed by atoms with E-state index in [2.05, 4.69) is 0 Å². The number of primary amides is 1. The Hall–Kier alpha value is -1.91. The van der Waals surface area contributed by atoms with Crippen LogP contribution in [0.15, 0.2) is 18.2 Å². The van der Waals surface area contributed by atoms with Crippen LogP contribution in [0.1, 0.15) is 10.4 Å². The van der Waals surface area contributed by atoms with Crippen LogP contribution in [0, 0.1) is 5.82 Å². The van der Waals surface area contributed by atoms with Gasteiger partial charge in [-0.2, -0.15) is 0 Å². The van der Waals surface area contributed by atoms with Gasteiger partial charge in [-0.15, -0.1) is 0 Å². The molecule has 0 radical (unpaired) electrons. The first-order chi connectivity index (χ1) is 6.56. The standard InChI is InChI=1S/C9H8FNO3/c1-14-7-3-2-5(10)4-6(7)8(12)9(11)13/h2-4H,1H3,(H2,11,13). The van der Waals surface area contributed by atoms with Crippen molar-refractivity contribution in [2.45, 2.75) is 0 Å². The number of nitrogens with two attached hydrogens (primary N) is 1. The molecule has 0 fully saturated rings. The highest BCUT2D eigenvalue weighted by Gasteiger charge is 2.17. The third-order valence-electron chi connectivity index (χ3n) is 1.63. The zero-order chi connectivity index (χ0) is 10.7. The first-order valence-corrected chi connectivity index (χ1v) is 3.74. The molecule has 14 heavy (non-hydrogen) atoms. The summed E-state index contributed by atoms with van der Waals surface area (Å²) in [7, 11) is 1.31. The van der Waals surface area contributed by atoms with Crippen molar-refractivity contribution in [2.24, 2.45) is 5.73 Å². The Morgan fingerprint density at radius 1 is 1.43 bits per heavy atom. The average molecular weight is 197 g/mol. The molecule has 1 aromatic carbocycles. The fourth-order valence-electron chi connectivity index (χ4n) is 0.990. The summed E-state index contributed by atoms with van der Waals surface area (Å²) >= 11 is 0. The highest BCUT2D eigenvalue weighted by molar-refractivity contribution is 6.42. The van der Waals surface area contributed by atoms with Gasteiger partial charge in [0.25, 0.3) is 11.7 Å². The van der Waals surface area contributed by atoms with Crippen molar-refractivity contribution in [1.29, 1.82) is 0 Å². The first-order valence-electron chi connectivity index (χ1n) is 3.74. The van der Waals surface area contributed by atoms with Crippen LogP contribution in [-0.2, 0) is 4.79 Å². The molecule has 0 atom stereocenters. The van der Waals surface area contributed by atoms with Gasteiger partial charge >= 0.3 is 0 Å². The van der Waals surface area contributed by atoms with E-state index in [0.29, 0.717) is 0 Å². The molecule has 0 saturated carbocycles. The Kier molecular flexibility index (Phi) is 2.81. The summed E-state index contributed by atoms with van der Waals surface area (Å²) < 4.78 is 17.5. The number of ketones is 1. The van der Waals surface area contributed by atoms with Gasteiger partial charge in [-0.1, -0.05) is 0 Å². The topological polar surface area (TPSA) is 69.4 Å². The molecule has 74 valence electrons. The summed E-state index contributed by atoms with van der Waals surface area (Å²) in [6.07, 6.45) is 0. The summed E-state index contributed by atoms with van der Waals surface area (Å²) in [5.41, 5.74) is 4.61.